The molecule has 0 aliphatic carbocycles. The van der Waals surface area contributed by atoms with Gasteiger partial charge in [0.05, 0.1) is 4.90 Å². The van der Waals surface area contributed by atoms with Gasteiger partial charge in [0, 0.05) is 35.4 Å². The molecule has 1 aromatic rings. The van der Waals surface area contributed by atoms with E-state index < -0.39 is 20.8 Å². The van der Waals surface area contributed by atoms with Gasteiger partial charge in [-0.1, -0.05) is 17.7 Å². The second-order valence-corrected chi connectivity index (χ2v) is 8.55. The first-order valence-corrected chi connectivity index (χ1v) is 9.18. The van der Waals surface area contributed by atoms with Crippen molar-refractivity contribution in [2.45, 2.75) is 25.7 Å². The van der Waals surface area contributed by atoms with E-state index >= 15 is 0 Å². The molecule has 0 radical (unpaired) electrons. The van der Waals surface area contributed by atoms with Crippen molar-refractivity contribution in [3.63, 3.8) is 0 Å². The molecule has 1 aliphatic rings. The van der Waals surface area contributed by atoms with E-state index in [1.54, 1.807) is 0 Å². The van der Waals surface area contributed by atoms with E-state index in [0.29, 0.717) is 29.5 Å². The van der Waals surface area contributed by atoms with Crippen LogP contribution < -0.4 is 0 Å². The molecule has 1 fully saturated rings. The van der Waals surface area contributed by atoms with E-state index in [-0.39, 0.29) is 0 Å². The first-order valence-electron chi connectivity index (χ1n) is 6.25. The second kappa shape index (κ2) is 5.34. The van der Waals surface area contributed by atoms with E-state index in [0.717, 1.165) is 16.7 Å². The molecule has 1 heterocycles. The number of hydrogen-bond donors (Lipinski definition) is 0. The fourth-order valence-corrected chi connectivity index (χ4v) is 5.70. The van der Waals surface area contributed by atoms with E-state index in [4.69, 9.17) is 0 Å². The van der Waals surface area contributed by atoms with Gasteiger partial charge in [0.1, 0.15) is 0 Å². The Morgan fingerprint density at radius 2 is 1.53 bits per heavy atom. The Morgan fingerprint density at radius 3 is 2.00 bits per heavy atom. The Labute approximate surface area is 117 Å². The average molecular weight is 301 g/mol. The van der Waals surface area contributed by atoms with Gasteiger partial charge in [-0.3, -0.25) is 4.21 Å². The maximum Gasteiger partial charge on any atom is 0.243 e. The van der Waals surface area contributed by atoms with Crippen LogP contribution in [0.25, 0.3) is 0 Å². The first kappa shape index (κ1) is 14.7. The van der Waals surface area contributed by atoms with Crippen LogP contribution in [0.3, 0.4) is 0 Å². The molecule has 106 valence electrons. The highest BCUT2D eigenvalue weighted by molar-refractivity contribution is 7.89. The lowest BCUT2D eigenvalue weighted by molar-refractivity contribution is 0.438. The predicted molar refractivity (Wildman–Crippen MR) is 77.3 cm³/mol. The highest BCUT2D eigenvalue weighted by atomic mass is 32.2. The molecule has 0 bridgehead atoms. The Hall–Kier alpha value is -0.720. The summed E-state index contributed by atoms with van der Waals surface area (Å²) >= 11 is 0. The lowest BCUT2D eigenvalue weighted by Crippen LogP contribution is -2.42. The normalized spacial score (nSPS) is 18.7. The van der Waals surface area contributed by atoms with Crippen LogP contribution in [0.15, 0.2) is 17.0 Å². The number of benzene rings is 1. The number of aryl methyl sites for hydroxylation is 3. The number of nitrogens with zero attached hydrogens (tertiary/aromatic N) is 1. The van der Waals surface area contributed by atoms with Crippen LogP contribution in [0, 0.1) is 20.8 Å². The average Bonchev–Trinajstić information content (AvgIpc) is 2.27. The summed E-state index contributed by atoms with van der Waals surface area (Å²) in [5, 5.41) is 0. The number of rotatable bonds is 2. The van der Waals surface area contributed by atoms with Crippen molar-refractivity contribution in [3.8, 4) is 0 Å². The zero-order valence-electron chi connectivity index (χ0n) is 11.5. The highest BCUT2D eigenvalue weighted by Gasteiger charge is 2.30. The van der Waals surface area contributed by atoms with Crippen LogP contribution in [-0.2, 0) is 20.8 Å². The molecule has 0 atom stereocenters. The Balaban J connectivity index is 2.43. The van der Waals surface area contributed by atoms with Gasteiger partial charge in [-0.15, -0.1) is 0 Å². The topological polar surface area (TPSA) is 54.5 Å². The van der Waals surface area contributed by atoms with Gasteiger partial charge in [-0.2, -0.15) is 4.31 Å². The zero-order valence-corrected chi connectivity index (χ0v) is 13.1. The summed E-state index contributed by atoms with van der Waals surface area (Å²) in [4.78, 5) is 0.408. The highest BCUT2D eigenvalue weighted by Crippen LogP contribution is 2.25. The fraction of sp³-hybridized carbons (Fsp3) is 0.538. The van der Waals surface area contributed by atoms with Crippen LogP contribution in [0.4, 0.5) is 0 Å². The second-order valence-electron chi connectivity index (χ2n) is 4.98. The Morgan fingerprint density at radius 1 is 1.05 bits per heavy atom. The van der Waals surface area contributed by atoms with E-state index in [9.17, 15) is 12.6 Å². The number of sulfonamides is 1. The molecule has 4 nitrogen and oxygen atoms in total. The molecule has 6 heteroatoms. The molecular weight excluding hydrogens is 282 g/mol. The molecule has 0 unspecified atom stereocenters. The molecule has 0 amide bonds. The van der Waals surface area contributed by atoms with Crippen molar-refractivity contribution < 1.29 is 12.6 Å². The lowest BCUT2D eigenvalue weighted by atomic mass is 10.1. The van der Waals surface area contributed by atoms with Crippen molar-refractivity contribution in [3.05, 3.63) is 28.8 Å². The van der Waals surface area contributed by atoms with Crippen LogP contribution >= 0.6 is 0 Å². The van der Waals surface area contributed by atoms with Crippen LogP contribution in [0.5, 0.6) is 0 Å². The largest absolute Gasteiger partial charge is 0.259 e. The molecule has 0 aromatic heterocycles. The van der Waals surface area contributed by atoms with Gasteiger partial charge < -0.3 is 0 Å². The van der Waals surface area contributed by atoms with Crippen LogP contribution in [0.2, 0.25) is 0 Å². The molecule has 0 spiro atoms. The summed E-state index contributed by atoms with van der Waals surface area (Å²) in [5.41, 5.74) is 2.63. The van der Waals surface area contributed by atoms with Crippen molar-refractivity contribution in [2.24, 2.45) is 0 Å². The minimum absolute atomic E-state index is 0.349. The van der Waals surface area contributed by atoms with Gasteiger partial charge >= 0.3 is 0 Å². The van der Waals surface area contributed by atoms with Gasteiger partial charge in [-0.05, 0) is 31.9 Å². The maximum absolute atomic E-state index is 12.7. The third-order valence-corrected chi connectivity index (χ3v) is 6.82. The predicted octanol–water partition coefficient (Wildman–Crippen LogP) is 1.36. The molecule has 1 saturated heterocycles. The summed E-state index contributed by atoms with van der Waals surface area (Å²) in [6.07, 6.45) is 0. The number of hydrogen-bond acceptors (Lipinski definition) is 3. The smallest absolute Gasteiger partial charge is 0.243 e. The van der Waals surface area contributed by atoms with Gasteiger partial charge in [-0.25, -0.2) is 8.42 Å². The molecule has 2 rings (SSSR count). The summed E-state index contributed by atoms with van der Waals surface area (Å²) < 4.78 is 38.1. The van der Waals surface area contributed by atoms with E-state index in [2.05, 4.69) is 0 Å². The van der Waals surface area contributed by atoms with Crippen molar-refractivity contribution in [1.29, 1.82) is 0 Å². The van der Waals surface area contributed by atoms with Crippen LogP contribution in [-0.4, -0.2) is 41.5 Å². The van der Waals surface area contributed by atoms with Gasteiger partial charge in [0.25, 0.3) is 0 Å². The summed E-state index contributed by atoms with van der Waals surface area (Å²) in [6, 6.07) is 3.78. The molecule has 19 heavy (non-hydrogen) atoms. The monoisotopic (exact) mass is 301 g/mol. The van der Waals surface area contributed by atoms with Gasteiger partial charge in [0.15, 0.2) is 0 Å². The summed E-state index contributed by atoms with van der Waals surface area (Å²) in [6.45, 7) is 6.31. The zero-order chi connectivity index (χ0) is 14.2. The fourth-order valence-electron chi connectivity index (χ4n) is 2.56. The van der Waals surface area contributed by atoms with E-state index in [1.807, 2.05) is 32.9 Å². The SMILES string of the molecule is Cc1cc(C)c(S(=O)(=O)N2CCS(=O)CC2)c(C)c1. The molecular formula is C13H19NO3S2. The van der Waals surface area contributed by atoms with E-state index in [1.165, 1.54) is 4.31 Å². The lowest BCUT2D eigenvalue weighted by Gasteiger charge is -2.27. The van der Waals surface area contributed by atoms with Crippen molar-refractivity contribution >= 4 is 20.8 Å². The quantitative estimate of drug-likeness (QED) is 0.829. The third-order valence-electron chi connectivity index (χ3n) is 3.34. The minimum Gasteiger partial charge on any atom is -0.259 e. The molecule has 0 N–H and O–H groups in total. The molecule has 0 saturated carbocycles. The summed E-state index contributed by atoms with van der Waals surface area (Å²) in [7, 11) is -4.34. The minimum atomic E-state index is -3.46. The van der Waals surface area contributed by atoms with Gasteiger partial charge in [0.2, 0.25) is 10.0 Å². The third kappa shape index (κ3) is 2.90. The molecule has 1 aromatic carbocycles. The molecule has 1 aliphatic heterocycles. The van der Waals surface area contributed by atoms with Crippen LogP contribution in [0.1, 0.15) is 16.7 Å². The Kier molecular flexibility index (Phi) is 4.13. The Bertz CT molecular complexity index is 590. The van der Waals surface area contributed by atoms with Crippen molar-refractivity contribution in [2.75, 3.05) is 24.6 Å². The standard InChI is InChI=1S/C13H19NO3S2/c1-10-8-11(2)13(12(3)9-10)19(16,17)14-4-6-18(15)7-5-14/h8-9H,4-7H2,1-3H3. The first-order chi connectivity index (χ1) is 8.82. The van der Waals surface area contributed by atoms with Crippen molar-refractivity contribution in [1.82, 2.24) is 4.31 Å². The maximum atomic E-state index is 12.7. The summed E-state index contributed by atoms with van der Waals surface area (Å²) in [5.74, 6) is 0.867.